The van der Waals surface area contributed by atoms with Crippen molar-refractivity contribution in [3.8, 4) is 11.5 Å². The Balaban J connectivity index is 1.52. The highest BCUT2D eigenvalue weighted by Gasteiger charge is 2.29. The van der Waals surface area contributed by atoms with Crippen LogP contribution in [0.25, 0.3) is 11.0 Å². The number of hydrogen-bond donors (Lipinski definition) is 0. The van der Waals surface area contributed by atoms with Gasteiger partial charge in [0.2, 0.25) is 6.79 Å². The molecule has 7 heteroatoms. The van der Waals surface area contributed by atoms with E-state index in [1.807, 2.05) is 50.1 Å². The first-order valence-corrected chi connectivity index (χ1v) is 10.1. The Bertz CT molecular complexity index is 1120. The van der Waals surface area contributed by atoms with Gasteiger partial charge in [-0.05, 0) is 50.5 Å². The van der Waals surface area contributed by atoms with E-state index in [1.165, 1.54) is 0 Å². The van der Waals surface area contributed by atoms with Gasteiger partial charge in [-0.25, -0.2) is 4.98 Å². The summed E-state index contributed by atoms with van der Waals surface area (Å²) in [5, 5.41) is 5.37. The van der Waals surface area contributed by atoms with E-state index in [0.29, 0.717) is 24.6 Å². The van der Waals surface area contributed by atoms with Crippen molar-refractivity contribution in [1.82, 2.24) is 19.7 Å². The molecule has 150 valence electrons. The highest BCUT2D eigenvalue weighted by molar-refractivity contribution is 6.06. The van der Waals surface area contributed by atoms with E-state index in [-0.39, 0.29) is 12.7 Å². The van der Waals surface area contributed by atoms with E-state index < -0.39 is 0 Å². The molecule has 0 unspecified atom stereocenters. The maximum atomic E-state index is 13.6. The van der Waals surface area contributed by atoms with Crippen molar-refractivity contribution >= 4 is 16.9 Å². The second-order valence-electron chi connectivity index (χ2n) is 7.78. The third-order valence-corrected chi connectivity index (χ3v) is 5.69. The minimum absolute atomic E-state index is 0.00978. The van der Waals surface area contributed by atoms with E-state index in [4.69, 9.17) is 14.5 Å². The quantitative estimate of drug-likeness (QED) is 0.664. The topological polar surface area (TPSA) is 69.5 Å². The molecule has 0 saturated heterocycles. The third-order valence-electron chi connectivity index (χ3n) is 5.69. The highest BCUT2D eigenvalue weighted by Crippen LogP contribution is 2.40. The van der Waals surface area contributed by atoms with Gasteiger partial charge in [0.05, 0.1) is 16.6 Å². The number of rotatable bonds is 5. The zero-order chi connectivity index (χ0) is 20.1. The zero-order valence-electron chi connectivity index (χ0n) is 16.9. The molecule has 7 nitrogen and oxygen atoms in total. The van der Waals surface area contributed by atoms with Crippen LogP contribution in [0.5, 0.6) is 11.5 Å². The summed E-state index contributed by atoms with van der Waals surface area (Å²) in [6.07, 6.45) is 2.27. The van der Waals surface area contributed by atoms with Gasteiger partial charge in [-0.3, -0.25) is 9.48 Å². The summed E-state index contributed by atoms with van der Waals surface area (Å²) in [6, 6.07) is 7.82. The number of amides is 1. The van der Waals surface area contributed by atoms with Gasteiger partial charge in [-0.2, -0.15) is 5.10 Å². The predicted molar refractivity (Wildman–Crippen MR) is 108 cm³/mol. The molecule has 0 spiro atoms. The van der Waals surface area contributed by atoms with Crippen LogP contribution in [-0.2, 0) is 13.6 Å². The van der Waals surface area contributed by atoms with Gasteiger partial charge in [0.1, 0.15) is 0 Å². The van der Waals surface area contributed by atoms with Crippen molar-refractivity contribution in [3.05, 3.63) is 46.8 Å². The van der Waals surface area contributed by atoms with Gasteiger partial charge in [0.25, 0.3) is 5.91 Å². The summed E-state index contributed by atoms with van der Waals surface area (Å²) < 4.78 is 12.6. The molecule has 1 saturated carbocycles. The predicted octanol–water partition coefficient (Wildman–Crippen LogP) is 3.55. The number of carbonyl (C=O) groups is 1. The average Bonchev–Trinajstić information content (AvgIpc) is 3.40. The number of fused-ring (bicyclic) bond motifs is 2. The Kier molecular flexibility index (Phi) is 4.19. The monoisotopic (exact) mass is 392 g/mol. The Hall–Kier alpha value is -3.09. The van der Waals surface area contributed by atoms with Crippen LogP contribution < -0.4 is 9.47 Å². The fraction of sp³-hybridized carbons (Fsp3) is 0.409. The zero-order valence-corrected chi connectivity index (χ0v) is 16.9. The Morgan fingerprint density at radius 2 is 2.03 bits per heavy atom. The van der Waals surface area contributed by atoms with E-state index in [0.717, 1.165) is 52.3 Å². The van der Waals surface area contributed by atoms with Crippen molar-refractivity contribution in [3.63, 3.8) is 0 Å². The molecule has 29 heavy (non-hydrogen) atoms. The molecule has 2 aliphatic rings. The molecule has 0 radical (unpaired) electrons. The van der Waals surface area contributed by atoms with E-state index in [1.54, 1.807) is 4.68 Å². The summed E-state index contributed by atoms with van der Waals surface area (Å²) in [5.74, 6) is 1.95. The molecule has 5 rings (SSSR count). The molecular formula is C22H24N4O3. The molecule has 2 aromatic heterocycles. The number of carbonyl (C=O) groups excluding carboxylic acids is 1. The molecular weight excluding hydrogens is 368 g/mol. The highest BCUT2D eigenvalue weighted by atomic mass is 16.7. The fourth-order valence-electron chi connectivity index (χ4n) is 3.98. The number of benzene rings is 1. The number of nitrogens with zero attached hydrogens (tertiary/aromatic N) is 4. The first kappa shape index (κ1) is 18.0. The summed E-state index contributed by atoms with van der Waals surface area (Å²) in [5.41, 5.74) is 4.34. The molecule has 1 aliphatic heterocycles. The van der Waals surface area contributed by atoms with E-state index in [2.05, 4.69) is 5.10 Å². The number of ether oxygens (including phenoxy) is 2. The third kappa shape index (κ3) is 3.10. The summed E-state index contributed by atoms with van der Waals surface area (Å²) in [6.45, 7) is 5.30. The molecule has 0 atom stereocenters. The van der Waals surface area contributed by atoms with Crippen LogP contribution in [0.2, 0.25) is 0 Å². The Labute approximate surface area is 169 Å². The lowest BCUT2D eigenvalue weighted by atomic mass is 10.1. The lowest BCUT2D eigenvalue weighted by Gasteiger charge is -2.22. The van der Waals surface area contributed by atoms with Crippen molar-refractivity contribution in [2.45, 2.75) is 39.2 Å². The average molecular weight is 392 g/mol. The Morgan fingerprint density at radius 1 is 1.24 bits per heavy atom. The molecule has 3 heterocycles. The number of hydrogen-bond acceptors (Lipinski definition) is 5. The van der Waals surface area contributed by atoms with Crippen LogP contribution in [0.4, 0.5) is 0 Å². The number of pyridine rings is 1. The van der Waals surface area contributed by atoms with Crippen LogP contribution in [0.15, 0.2) is 24.3 Å². The molecule has 1 fully saturated rings. The normalized spacial score (nSPS) is 15.1. The minimum Gasteiger partial charge on any atom is -0.454 e. The lowest BCUT2D eigenvalue weighted by Crippen LogP contribution is -2.30. The van der Waals surface area contributed by atoms with Gasteiger partial charge in [-0.1, -0.05) is 6.07 Å². The minimum atomic E-state index is 0.00978. The molecule has 0 N–H and O–H groups in total. The van der Waals surface area contributed by atoms with Crippen LogP contribution in [0.3, 0.4) is 0 Å². The van der Waals surface area contributed by atoms with Crippen LogP contribution in [-0.4, -0.2) is 38.9 Å². The molecule has 1 aromatic carbocycles. The molecule has 0 bridgehead atoms. The van der Waals surface area contributed by atoms with Crippen LogP contribution >= 0.6 is 0 Å². The van der Waals surface area contributed by atoms with Crippen molar-refractivity contribution in [1.29, 1.82) is 0 Å². The first-order valence-electron chi connectivity index (χ1n) is 10.1. The number of aromatic nitrogens is 3. The largest absolute Gasteiger partial charge is 0.454 e. The number of aryl methyl sites for hydroxylation is 2. The van der Waals surface area contributed by atoms with Gasteiger partial charge in [-0.15, -0.1) is 0 Å². The summed E-state index contributed by atoms with van der Waals surface area (Å²) in [7, 11) is 1.89. The fourth-order valence-corrected chi connectivity index (χ4v) is 3.98. The Morgan fingerprint density at radius 3 is 2.79 bits per heavy atom. The second-order valence-corrected chi connectivity index (χ2v) is 7.78. The molecule has 3 aromatic rings. The maximum absolute atomic E-state index is 13.6. The van der Waals surface area contributed by atoms with Crippen LogP contribution in [0, 0.1) is 6.92 Å². The van der Waals surface area contributed by atoms with Crippen molar-refractivity contribution < 1.29 is 14.3 Å². The van der Waals surface area contributed by atoms with Gasteiger partial charge in [0, 0.05) is 31.7 Å². The van der Waals surface area contributed by atoms with E-state index in [9.17, 15) is 4.79 Å². The van der Waals surface area contributed by atoms with Gasteiger partial charge >= 0.3 is 0 Å². The van der Waals surface area contributed by atoms with E-state index >= 15 is 0 Å². The smallest absolute Gasteiger partial charge is 0.255 e. The lowest BCUT2D eigenvalue weighted by molar-refractivity contribution is 0.0754. The summed E-state index contributed by atoms with van der Waals surface area (Å²) >= 11 is 0. The molecule has 1 aliphatic carbocycles. The van der Waals surface area contributed by atoms with Gasteiger partial charge in [0.15, 0.2) is 17.1 Å². The molecule has 1 amide bonds. The maximum Gasteiger partial charge on any atom is 0.255 e. The van der Waals surface area contributed by atoms with Crippen molar-refractivity contribution in [2.75, 3.05) is 13.3 Å². The first-order chi connectivity index (χ1) is 14.0. The standard InChI is InChI=1S/C22H24N4O3/c1-4-26(11-14-5-8-18-19(9-14)29-12-28-18)22(27)16-10-17(15-6-7-15)23-21-20(16)13(2)24-25(21)3/h5,8-10,15H,4,6-7,11-12H2,1-3H3. The van der Waals surface area contributed by atoms with Crippen LogP contribution in [0.1, 0.15) is 53.0 Å². The second kappa shape index (κ2) is 6.76. The summed E-state index contributed by atoms with van der Waals surface area (Å²) in [4.78, 5) is 20.3. The van der Waals surface area contributed by atoms with Gasteiger partial charge < -0.3 is 14.4 Å². The SMILES string of the molecule is CCN(Cc1ccc2c(c1)OCO2)C(=O)c1cc(C2CC2)nc2c1c(C)nn2C. The van der Waals surface area contributed by atoms with Crippen molar-refractivity contribution in [2.24, 2.45) is 7.05 Å².